The molecule has 1 heterocycles. The van der Waals surface area contributed by atoms with Gasteiger partial charge in [-0.05, 0) is 34.1 Å². The molecule has 0 aliphatic rings. The van der Waals surface area contributed by atoms with Crippen molar-refractivity contribution in [3.05, 3.63) is 39.5 Å². The van der Waals surface area contributed by atoms with Gasteiger partial charge >= 0.3 is 0 Å². The maximum absolute atomic E-state index is 11.8. The highest BCUT2D eigenvalue weighted by atomic mass is 79.9. The van der Waals surface area contributed by atoms with Crippen molar-refractivity contribution in [2.75, 3.05) is 11.1 Å². The number of benzene rings is 1. The second-order valence-electron chi connectivity index (χ2n) is 3.64. The SMILES string of the molecule is Nc1cnn(CC(=O)Nc2cc(Br)ccc2Br)c1. The average molecular weight is 374 g/mol. The lowest BCUT2D eigenvalue weighted by molar-refractivity contribution is -0.116. The molecule has 2 rings (SSSR count). The lowest BCUT2D eigenvalue weighted by atomic mass is 10.3. The zero-order valence-electron chi connectivity index (χ0n) is 9.23. The summed E-state index contributed by atoms with van der Waals surface area (Å²) in [7, 11) is 0. The van der Waals surface area contributed by atoms with Gasteiger partial charge in [0, 0.05) is 15.1 Å². The molecule has 0 atom stereocenters. The molecule has 7 heteroatoms. The number of anilines is 2. The van der Waals surface area contributed by atoms with Crippen molar-refractivity contribution >= 4 is 49.1 Å². The Morgan fingerprint density at radius 1 is 1.44 bits per heavy atom. The summed E-state index contributed by atoms with van der Waals surface area (Å²) in [6.07, 6.45) is 3.11. The standard InChI is InChI=1S/C11H10Br2N4O/c12-7-1-2-9(13)10(3-7)16-11(18)6-17-5-8(14)4-15-17/h1-5H,6,14H2,(H,16,18). The van der Waals surface area contributed by atoms with Crippen molar-refractivity contribution in [1.29, 1.82) is 0 Å². The number of nitrogens with zero attached hydrogens (tertiary/aromatic N) is 2. The van der Waals surface area contributed by atoms with Gasteiger partial charge in [-0.2, -0.15) is 5.10 Å². The number of aromatic nitrogens is 2. The van der Waals surface area contributed by atoms with Crippen LogP contribution in [0.1, 0.15) is 0 Å². The number of nitrogens with two attached hydrogens (primary N) is 1. The summed E-state index contributed by atoms with van der Waals surface area (Å²) in [5.74, 6) is -0.170. The molecule has 1 aromatic heterocycles. The van der Waals surface area contributed by atoms with Crippen LogP contribution in [0.4, 0.5) is 11.4 Å². The summed E-state index contributed by atoms with van der Waals surface area (Å²) >= 11 is 6.72. The molecule has 0 fully saturated rings. The third-order valence-corrected chi connectivity index (χ3v) is 3.35. The Labute approximate surface area is 121 Å². The summed E-state index contributed by atoms with van der Waals surface area (Å²) < 4.78 is 3.19. The topological polar surface area (TPSA) is 72.9 Å². The van der Waals surface area contributed by atoms with Gasteiger partial charge in [0.15, 0.2) is 0 Å². The van der Waals surface area contributed by atoms with E-state index in [-0.39, 0.29) is 12.5 Å². The molecule has 1 amide bonds. The third kappa shape index (κ3) is 3.33. The monoisotopic (exact) mass is 372 g/mol. The number of carbonyl (C=O) groups excluding carboxylic acids is 1. The molecule has 0 radical (unpaired) electrons. The fraction of sp³-hybridized carbons (Fsp3) is 0.0909. The average Bonchev–Trinajstić information content (AvgIpc) is 2.69. The van der Waals surface area contributed by atoms with Gasteiger partial charge < -0.3 is 11.1 Å². The van der Waals surface area contributed by atoms with Crippen LogP contribution in [0, 0.1) is 0 Å². The molecule has 3 N–H and O–H groups in total. The van der Waals surface area contributed by atoms with Crippen molar-refractivity contribution in [3.8, 4) is 0 Å². The highest BCUT2D eigenvalue weighted by Gasteiger charge is 2.07. The predicted octanol–water partition coefficient (Wildman–Crippen LogP) is 2.63. The largest absolute Gasteiger partial charge is 0.396 e. The molecule has 1 aromatic carbocycles. The second-order valence-corrected chi connectivity index (χ2v) is 5.41. The van der Waals surface area contributed by atoms with E-state index in [9.17, 15) is 4.79 Å². The Kier molecular flexibility index (Phi) is 4.03. The minimum absolute atomic E-state index is 0.121. The van der Waals surface area contributed by atoms with Crippen molar-refractivity contribution < 1.29 is 4.79 Å². The molecule has 0 spiro atoms. The summed E-state index contributed by atoms with van der Waals surface area (Å²) in [6, 6.07) is 5.55. The van der Waals surface area contributed by atoms with E-state index in [0.717, 1.165) is 8.95 Å². The molecule has 18 heavy (non-hydrogen) atoms. The van der Waals surface area contributed by atoms with Gasteiger partial charge in [-0.1, -0.05) is 15.9 Å². The number of hydrogen-bond donors (Lipinski definition) is 2. The van der Waals surface area contributed by atoms with Crippen LogP contribution in [0.25, 0.3) is 0 Å². The van der Waals surface area contributed by atoms with Gasteiger partial charge in [-0.25, -0.2) is 0 Å². The number of amides is 1. The molecule has 2 aromatic rings. The summed E-state index contributed by atoms with van der Waals surface area (Å²) in [4.78, 5) is 11.8. The van der Waals surface area contributed by atoms with Crippen LogP contribution in [0.3, 0.4) is 0 Å². The Hall–Kier alpha value is -1.34. The third-order valence-electron chi connectivity index (χ3n) is 2.16. The van der Waals surface area contributed by atoms with Gasteiger partial charge in [0.2, 0.25) is 5.91 Å². The summed E-state index contributed by atoms with van der Waals surface area (Å²) in [5.41, 5.74) is 6.76. The quantitative estimate of drug-likeness (QED) is 0.868. The predicted molar refractivity (Wildman–Crippen MR) is 77.1 cm³/mol. The van der Waals surface area contributed by atoms with Crippen molar-refractivity contribution in [3.63, 3.8) is 0 Å². The van der Waals surface area contributed by atoms with E-state index >= 15 is 0 Å². The minimum atomic E-state index is -0.170. The zero-order valence-corrected chi connectivity index (χ0v) is 12.4. The van der Waals surface area contributed by atoms with Gasteiger partial charge in [-0.3, -0.25) is 9.48 Å². The van der Waals surface area contributed by atoms with E-state index in [1.165, 1.54) is 10.9 Å². The second kappa shape index (κ2) is 5.53. The first-order valence-electron chi connectivity index (χ1n) is 5.07. The lowest BCUT2D eigenvalue weighted by Crippen LogP contribution is -2.19. The molecule has 0 saturated carbocycles. The maximum atomic E-state index is 11.8. The number of rotatable bonds is 3. The lowest BCUT2D eigenvalue weighted by Gasteiger charge is -2.07. The first kappa shape index (κ1) is 13.1. The van der Waals surface area contributed by atoms with Crippen molar-refractivity contribution in [2.24, 2.45) is 0 Å². The van der Waals surface area contributed by atoms with E-state index in [0.29, 0.717) is 11.4 Å². The Morgan fingerprint density at radius 2 is 2.22 bits per heavy atom. The zero-order chi connectivity index (χ0) is 13.1. The molecule has 94 valence electrons. The molecule has 5 nitrogen and oxygen atoms in total. The minimum Gasteiger partial charge on any atom is -0.396 e. The highest BCUT2D eigenvalue weighted by molar-refractivity contribution is 9.11. The van der Waals surface area contributed by atoms with Gasteiger partial charge in [0.25, 0.3) is 0 Å². The van der Waals surface area contributed by atoms with E-state index in [1.807, 2.05) is 18.2 Å². The molecule has 0 aliphatic carbocycles. The Balaban J connectivity index is 2.05. The van der Waals surface area contributed by atoms with Crippen molar-refractivity contribution in [1.82, 2.24) is 9.78 Å². The van der Waals surface area contributed by atoms with E-state index in [4.69, 9.17) is 5.73 Å². The van der Waals surface area contributed by atoms with Crippen molar-refractivity contribution in [2.45, 2.75) is 6.54 Å². The fourth-order valence-electron chi connectivity index (χ4n) is 1.40. The van der Waals surface area contributed by atoms with E-state index < -0.39 is 0 Å². The van der Waals surface area contributed by atoms with Crippen LogP contribution in [0.2, 0.25) is 0 Å². The molecule has 0 saturated heterocycles. The van der Waals surface area contributed by atoms with Gasteiger partial charge in [0.05, 0.1) is 17.6 Å². The van der Waals surface area contributed by atoms with Crippen LogP contribution >= 0.6 is 31.9 Å². The molecule has 0 bridgehead atoms. The fourth-order valence-corrected chi connectivity index (χ4v) is 2.10. The molecular formula is C11H10Br2N4O. The number of carbonyl (C=O) groups is 1. The maximum Gasteiger partial charge on any atom is 0.246 e. The Bertz CT molecular complexity index is 582. The van der Waals surface area contributed by atoms with Crippen LogP contribution in [-0.2, 0) is 11.3 Å². The Morgan fingerprint density at radius 3 is 2.89 bits per heavy atom. The molecule has 0 aliphatic heterocycles. The van der Waals surface area contributed by atoms with Crippen LogP contribution in [0.15, 0.2) is 39.5 Å². The first-order valence-corrected chi connectivity index (χ1v) is 6.66. The highest BCUT2D eigenvalue weighted by Crippen LogP contribution is 2.26. The van der Waals surface area contributed by atoms with Crippen LogP contribution in [-0.4, -0.2) is 15.7 Å². The summed E-state index contributed by atoms with van der Waals surface area (Å²) in [5, 5.41) is 6.74. The van der Waals surface area contributed by atoms with Gasteiger partial charge in [0.1, 0.15) is 6.54 Å². The van der Waals surface area contributed by atoms with E-state index in [2.05, 4.69) is 42.3 Å². The smallest absolute Gasteiger partial charge is 0.246 e. The van der Waals surface area contributed by atoms with E-state index in [1.54, 1.807) is 6.20 Å². The van der Waals surface area contributed by atoms with Crippen LogP contribution < -0.4 is 11.1 Å². The number of hydrogen-bond acceptors (Lipinski definition) is 3. The molecule has 0 unspecified atom stereocenters. The number of nitrogen functional groups attached to an aromatic ring is 1. The van der Waals surface area contributed by atoms with Crippen LogP contribution in [0.5, 0.6) is 0 Å². The normalized spacial score (nSPS) is 10.3. The number of halogens is 2. The molecular weight excluding hydrogens is 364 g/mol. The first-order chi connectivity index (χ1) is 8.54. The number of nitrogens with one attached hydrogen (secondary N) is 1. The van der Waals surface area contributed by atoms with Gasteiger partial charge in [-0.15, -0.1) is 0 Å². The summed E-state index contributed by atoms with van der Waals surface area (Å²) in [6.45, 7) is 0.121.